The maximum Gasteiger partial charge on any atom is 0.213 e. The second-order valence-corrected chi connectivity index (χ2v) is 6.01. The molecule has 108 valence electrons. The third-order valence-corrected chi connectivity index (χ3v) is 2.78. The zero-order valence-electron chi connectivity index (χ0n) is 12.3. The van der Waals surface area contributed by atoms with E-state index in [-0.39, 0.29) is 11.6 Å². The van der Waals surface area contributed by atoms with Crippen molar-refractivity contribution in [2.24, 2.45) is 0 Å². The van der Waals surface area contributed by atoms with Crippen LogP contribution < -0.4 is 10.1 Å². The van der Waals surface area contributed by atoms with Gasteiger partial charge in [0.1, 0.15) is 6.10 Å². The third-order valence-electron chi connectivity index (χ3n) is 2.44. The minimum atomic E-state index is -0.0397. The molecule has 0 aliphatic carbocycles. The van der Waals surface area contributed by atoms with E-state index in [1.807, 2.05) is 13.0 Å². The van der Waals surface area contributed by atoms with Crippen molar-refractivity contribution in [2.75, 3.05) is 13.7 Å². The van der Waals surface area contributed by atoms with E-state index in [1.165, 1.54) is 0 Å². The minimum absolute atomic E-state index is 0.0387. The summed E-state index contributed by atoms with van der Waals surface area (Å²) in [6.07, 6.45) is 1.58. The van der Waals surface area contributed by atoms with Crippen molar-refractivity contribution in [3.63, 3.8) is 0 Å². The summed E-state index contributed by atoms with van der Waals surface area (Å²) in [6.45, 7) is 9.48. The van der Waals surface area contributed by atoms with Gasteiger partial charge in [0.05, 0.1) is 11.6 Å². The van der Waals surface area contributed by atoms with E-state index in [1.54, 1.807) is 13.3 Å². The number of aromatic nitrogens is 1. The third kappa shape index (κ3) is 6.23. The summed E-state index contributed by atoms with van der Waals surface area (Å²) < 4.78 is 10.7. The van der Waals surface area contributed by atoms with Crippen molar-refractivity contribution in [3.8, 4) is 5.88 Å². The van der Waals surface area contributed by atoms with Gasteiger partial charge in [0, 0.05) is 31.5 Å². The van der Waals surface area contributed by atoms with Gasteiger partial charge in [-0.25, -0.2) is 4.98 Å². The van der Waals surface area contributed by atoms with E-state index < -0.39 is 0 Å². The highest BCUT2D eigenvalue weighted by molar-refractivity contribution is 6.31. The Morgan fingerprint density at radius 1 is 1.42 bits per heavy atom. The second kappa shape index (κ2) is 7.08. The van der Waals surface area contributed by atoms with Crippen LogP contribution >= 0.6 is 11.6 Å². The minimum Gasteiger partial charge on any atom is -0.472 e. The molecule has 0 aromatic carbocycles. The summed E-state index contributed by atoms with van der Waals surface area (Å²) in [4.78, 5) is 4.17. The van der Waals surface area contributed by atoms with Gasteiger partial charge in [-0.15, -0.1) is 0 Å². The molecular formula is C14H23ClN2O2. The number of pyridine rings is 1. The van der Waals surface area contributed by atoms with Crippen LogP contribution in [0.5, 0.6) is 5.88 Å². The van der Waals surface area contributed by atoms with Gasteiger partial charge in [-0.1, -0.05) is 11.6 Å². The zero-order chi connectivity index (χ0) is 14.5. The van der Waals surface area contributed by atoms with Crippen molar-refractivity contribution < 1.29 is 9.47 Å². The van der Waals surface area contributed by atoms with Gasteiger partial charge >= 0.3 is 0 Å². The maximum absolute atomic E-state index is 6.14. The first-order valence-corrected chi connectivity index (χ1v) is 6.74. The fourth-order valence-electron chi connectivity index (χ4n) is 1.49. The van der Waals surface area contributed by atoms with Gasteiger partial charge in [-0.05, 0) is 33.3 Å². The first kappa shape index (κ1) is 16.2. The highest BCUT2D eigenvalue weighted by atomic mass is 35.5. The van der Waals surface area contributed by atoms with Gasteiger partial charge in [-0.3, -0.25) is 0 Å². The van der Waals surface area contributed by atoms with Crippen LogP contribution in [0.2, 0.25) is 5.02 Å². The van der Waals surface area contributed by atoms with Gasteiger partial charge in [0.2, 0.25) is 5.88 Å². The molecule has 1 N–H and O–H groups in total. The molecule has 1 aromatic heterocycles. The predicted octanol–water partition coefficient (Wildman–Crippen LogP) is 3.04. The highest BCUT2D eigenvalue weighted by Crippen LogP contribution is 2.20. The number of halogens is 1. The van der Waals surface area contributed by atoms with E-state index >= 15 is 0 Å². The Kier molecular flexibility index (Phi) is 6.04. The molecule has 1 unspecified atom stereocenters. The van der Waals surface area contributed by atoms with Crippen LogP contribution in [0.25, 0.3) is 0 Å². The van der Waals surface area contributed by atoms with Crippen molar-refractivity contribution in [1.82, 2.24) is 10.3 Å². The molecule has 1 rings (SSSR count). The lowest BCUT2D eigenvalue weighted by molar-refractivity contribution is 0.0889. The molecule has 0 saturated carbocycles. The van der Waals surface area contributed by atoms with Crippen molar-refractivity contribution in [1.29, 1.82) is 0 Å². The standard InChI is InChI=1S/C14H23ClN2O2/c1-10(9-18-5)19-13-6-11(12(15)8-16-13)7-17-14(2,3)4/h6,8,10,17H,7,9H2,1-5H3. The fourth-order valence-corrected chi connectivity index (χ4v) is 1.66. The number of hydrogen-bond donors (Lipinski definition) is 1. The van der Waals surface area contributed by atoms with Crippen LogP contribution in [-0.4, -0.2) is 30.3 Å². The SMILES string of the molecule is COCC(C)Oc1cc(CNC(C)(C)C)c(Cl)cn1. The number of hydrogen-bond acceptors (Lipinski definition) is 4. The van der Waals surface area contributed by atoms with Gasteiger partial charge < -0.3 is 14.8 Å². The van der Waals surface area contributed by atoms with E-state index in [9.17, 15) is 0 Å². The molecule has 0 bridgehead atoms. The van der Waals surface area contributed by atoms with E-state index in [2.05, 4.69) is 31.1 Å². The second-order valence-electron chi connectivity index (χ2n) is 5.60. The predicted molar refractivity (Wildman–Crippen MR) is 77.8 cm³/mol. The molecule has 0 radical (unpaired) electrons. The summed E-state index contributed by atoms with van der Waals surface area (Å²) in [5, 5.41) is 4.03. The Balaban J connectivity index is 2.71. The summed E-state index contributed by atoms with van der Waals surface area (Å²) in [7, 11) is 1.65. The first-order valence-electron chi connectivity index (χ1n) is 6.37. The molecule has 0 fully saturated rings. The Labute approximate surface area is 120 Å². The topological polar surface area (TPSA) is 43.4 Å². The van der Waals surface area contributed by atoms with Crippen molar-refractivity contribution >= 4 is 11.6 Å². The molecule has 1 aromatic rings. The Bertz CT molecular complexity index is 405. The number of methoxy groups -OCH3 is 1. The summed E-state index contributed by atoms with van der Waals surface area (Å²) in [6, 6.07) is 1.87. The lowest BCUT2D eigenvalue weighted by Crippen LogP contribution is -2.35. The van der Waals surface area contributed by atoms with E-state index in [0.717, 1.165) is 5.56 Å². The molecule has 5 heteroatoms. The van der Waals surface area contributed by atoms with Crippen LogP contribution in [0.15, 0.2) is 12.3 Å². The molecule has 0 saturated heterocycles. The lowest BCUT2D eigenvalue weighted by Gasteiger charge is -2.21. The zero-order valence-corrected chi connectivity index (χ0v) is 13.0. The van der Waals surface area contributed by atoms with E-state index in [4.69, 9.17) is 21.1 Å². The average molecular weight is 287 g/mol. The highest BCUT2D eigenvalue weighted by Gasteiger charge is 2.12. The largest absolute Gasteiger partial charge is 0.472 e. The Morgan fingerprint density at radius 2 is 2.11 bits per heavy atom. The van der Waals surface area contributed by atoms with Gasteiger partial charge in [0.25, 0.3) is 0 Å². The van der Waals surface area contributed by atoms with Crippen molar-refractivity contribution in [3.05, 3.63) is 22.8 Å². The normalized spacial score (nSPS) is 13.4. The van der Waals surface area contributed by atoms with Crippen LogP contribution in [-0.2, 0) is 11.3 Å². The number of ether oxygens (including phenoxy) is 2. The molecule has 1 heterocycles. The molecular weight excluding hydrogens is 264 g/mol. The van der Waals surface area contributed by atoms with Crippen LogP contribution in [0, 0.1) is 0 Å². The molecule has 1 atom stereocenters. The van der Waals surface area contributed by atoms with Crippen LogP contribution in [0.3, 0.4) is 0 Å². The molecule has 19 heavy (non-hydrogen) atoms. The van der Waals surface area contributed by atoms with Gasteiger partial charge in [-0.2, -0.15) is 0 Å². The Morgan fingerprint density at radius 3 is 2.68 bits per heavy atom. The molecule has 0 aliphatic heterocycles. The van der Waals surface area contributed by atoms with Crippen LogP contribution in [0.1, 0.15) is 33.3 Å². The molecule has 4 nitrogen and oxygen atoms in total. The molecule has 0 spiro atoms. The summed E-state index contributed by atoms with van der Waals surface area (Å²) in [5.74, 6) is 0.569. The fraction of sp³-hybridized carbons (Fsp3) is 0.643. The molecule has 0 aliphatic rings. The summed E-state index contributed by atoms with van der Waals surface area (Å²) in [5.41, 5.74) is 1.02. The monoisotopic (exact) mass is 286 g/mol. The first-order chi connectivity index (χ1) is 8.81. The Hall–Kier alpha value is -0.840. The maximum atomic E-state index is 6.14. The van der Waals surface area contributed by atoms with Gasteiger partial charge in [0.15, 0.2) is 0 Å². The quantitative estimate of drug-likeness (QED) is 0.873. The summed E-state index contributed by atoms with van der Waals surface area (Å²) >= 11 is 6.14. The van der Waals surface area contributed by atoms with Crippen LogP contribution in [0.4, 0.5) is 0 Å². The molecule has 0 amide bonds. The van der Waals surface area contributed by atoms with Crippen molar-refractivity contribution in [2.45, 2.75) is 45.9 Å². The van der Waals surface area contributed by atoms with E-state index in [0.29, 0.717) is 24.1 Å². The smallest absolute Gasteiger partial charge is 0.213 e. The number of rotatable bonds is 6. The average Bonchev–Trinajstić information content (AvgIpc) is 2.29. The number of nitrogens with one attached hydrogen (secondary N) is 1. The number of nitrogens with zero attached hydrogens (tertiary/aromatic N) is 1. The lowest BCUT2D eigenvalue weighted by atomic mass is 10.1.